The number of anilines is 1. The molecule has 0 bridgehead atoms. The number of hydrogen-bond donors (Lipinski definition) is 3. The minimum absolute atomic E-state index is 0.137. The second kappa shape index (κ2) is 8.03. The van der Waals surface area contributed by atoms with Crippen LogP contribution >= 0.6 is 11.6 Å². The van der Waals surface area contributed by atoms with Crippen LogP contribution in [0, 0.1) is 0 Å². The largest absolute Gasteiger partial charge is 0.495 e. The molecule has 1 aromatic rings. The molecule has 0 radical (unpaired) electrons. The summed E-state index contributed by atoms with van der Waals surface area (Å²) in [5, 5.41) is 15.3. The lowest BCUT2D eigenvalue weighted by atomic mass is 10.0. The number of likely N-dealkylation sites (tertiary alicyclic amines) is 1. The van der Waals surface area contributed by atoms with E-state index in [1.807, 2.05) is 4.90 Å². The zero-order chi connectivity index (χ0) is 16.8. The first-order valence-corrected chi connectivity index (χ1v) is 7.77. The molecule has 1 aliphatic rings. The van der Waals surface area contributed by atoms with Crippen molar-refractivity contribution in [3.8, 4) is 5.75 Å². The zero-order valence-electron chi connectivity index (χ0n) is 13.0. The van der Waals surface area contributed by atoms with Crippen LogP contribution in [-0.4, -0.2) is 48.1 Å². The second-order valence-corrected chi connectivity index (χ2v) is 5.84. The molecule has 1 unspecified atom stereocenters. The third kappa shape index (κ3) is 4.49. The molecule has 1 amide bonds. The number of rotatable bonds is 5. The van der Waals surface area contributed by atoms with Crippen molar-refractivity contribution in [3.05, 3.63) is 23.2 Å². The van der Waals surface area contributed by atoms with Gasteiger partial charge in [0.1, 0.15) is 5.75 Å². The Morgan fingerprint density at radius 1 is 1.57 bits per heavy atom. The van der Waals surface area contributed by atoms with Crippen LogP contribution in [0.2, 0.25) is 5.02 Å². The van der Waals surface area contributed by atoms with Crippen LogP contribution in [0.25, 0.3) is 0 Å². The molecule has 0 spiro atoms. The summed E-state index contributed by atoms with van der Waals surface area (Å²) in [5.74, 6) is 0.468. The van der Waals surface area contributed by atoms with Crippen molar-refractivity contribution in [1.82, 2.24) is 4.90 Å². The van der Waals surface area contributed by atoms with E-state index in [1.54, 1.807) is 18.2 Å². The van der Waals surface area contributed by atoms with Crippen LogP contribution in [-0.2, 0) is 4.79 Å². The molecule has 1 atom stereocenters. The maximum absolute atomic E-state index is 12.3. The molecule has 23 heavy (non-hydrogen) atoms. The monoisotopic (exact) mass is 340 g/mol. The number of carbonyl (C=O) groups excluding carboxylic acids is 1. The Labute approximate surface area is 140 Å². The molecule has 1 aliphatic heterocycles. The second-order valence-electron chi connectivity index (χ2n) is 5.40. The van der Waals surface area contributed by atoms with Gasteiger partial charge >= 0.3 is 0 Å². The van der Waals surface area contributed by atoms with Gasteiger partial charge in [-0.25, -0.2) is 0 Å². The zero-order valence-corrected chi connectivity index (χ0v) is 13.7. The van der Waals surface area contributed by atoms with E-state index >= 15 is 0 Å². The van der Waals surface area contributed by atoms with Gasteiger partial charge in [-0.2, -0.15) is 0 Å². The highest BCUT2D eigenvalue weighted by Crippen LogP contribution is 2.27. The van der Waals surface area contributed by atoms with Gasteiger partial charge in [0.25, 0.3) is 0 Å². The average molecular weight is 341 g/mol. The number of oxime groups is 1. The van der Waals surface area contributed by atoms with E-state index in [9.17, 15) is 4.79 Å². The molecule has 4 N–H and O–H groups in total. The van der Waals surface area contributed by atoms with E-state index in [1.165, 1.54) is 7.11 Å². The molecule has 8 heteroatoms. The summed E-state index contributed by atoms with van der Waals surface area (Å²) >= 11 is 5.96. The van der Waals surface area contributed by atoms with Gasteiger partial charge in [0.2, 0.25) is 5.91 Å². The summed E-state index contributed by atoms with van der Waals surface area (Å²) in [7, 11) is 1.53. The SMILES string of the molecule is COc1ccc(Cl)cc1NC(=O)CN1CCCCC1/C(N)=N/O. The lowest BCUT2D eigenvalue weighted by molar-refractivity contribution is -0.117. The van der Waals surface area contributed by atoms with E-state index in [2.05, 4.69) is 10.5 Å². The smallest absolute Gasteiger partial charge is 0.238 e. The molecular formula is C15H21ClN4O3. The Bertz CT molecular complexity index is 594. The number of nitrogens with two attached hydrogens (primary N) is 1. The van der Waals surface area contributed by atoms with Crippen molar-refractivity contribution in [2.75, 3.05) is 25.5 Å². The first kappa shape index (κ1) is 17.4. The van der Waals surface area contributed by atoms with Gasteiger partial charge in [0, 0.05) is 5.02 Å². The fourth-order valence-electron chi connectivity index (χ4n) is 2.73. The van der Waals surface area contributed by atoms with E-state index in [0.717, 1.165) is 25.8 Å². The number of amides is 1. The third-order valence-corrected chi connectivity index (χ3v) is 4.09. The van der Waals surface area contributed by atoms with Crippen LogP contribution in [0.15, 0.2) is 23.4 Å². The van der Waals surface area contributed by atoms with Crippen LogP contribution in [0.4, 0.5) is 5.69 Å². The number of methoxy groups -OCH3 is 1. The number of carbonyl (C=O) groups is 1. The fraction of sp³-hybridized carbons (Fsp3) is 0.467. The molecule has 1 aromatic carbocycles. The van der Waals surface area contributed by atoms with Crippen LogP contribution < -0.4 is 15.8 Å². The maximum Gasteiger partial charge on any atom is 0.238 e. The number of hydrogen-bond acceptors (Lipinski definition) is 5. The van der Waals surface area contributed by atoms with Gasteiger partial charge in [0.15, 0.2) is 5.84 Å². The number of halogens is 1. The van der Waals surface area contributed by atoms with Crippen LogP contribution in [0.3, 0.4) is 0 Å². The average Bonchev–Trinajstić information content (AvgIpc) is 2.55. The van der Waals surface area contributed by atoms with Crippen molar-refractivity contribution >= 4 is 29.0 Å². The number of amidine groups is 1. The van der Waals surface area contributed by atoms with Crippen molar-refractivity contribution in [2.45, 2.75) is 25.3 Å². The van der Waals surface area contributed by atoms with Gasteiger partial charge in [-0.1, -0.05) is 23.2 Å². The highest BCUT2D eigenvalue weighted by atomic mass is 35.5. The number of nitrogens with zero attached hydrogens (tertiary/aromatic N) is 2. The van der Waals surface area contributed by atoms with Gasteiger partial charge < -0.3 is 21.0 Å². The van der Waals surface area contributed by atoms with E-state index in [4.69, 9.17) is 27.3 Å². The Morgan fingerprint density at radius 2 is 2.35 bits per heavy atom. The van der Waals surface area contributed by atoms with Crippen molar-refractivity contribution in [1.29, 1.82) is 0 Å². The number of ether oxygens (including phenoxy) is 1. The first-order valence-electron chi connectivity index (χ1n) is 7.40. The van der Waals surface area contributed by atoms with Crippen LogP contribution in [0.5, 0.6) is 5.75 Å². The summed E-state index contributed by atoms with van der Waals surface area (Å²) < 4.78 is 5.21. The number of benzene rings is 1. The molecule has 1 fully saturated rings. The molecule has 2 rings (SSSR count). The minimum Gasteiger partial charge on any atom is -0.495 e. The topological polar surface area (TPSA) is 100 Å². The Morgan fingerprint density at radius 3 is 3.04 bits per heavy atom. The summed E-state index contributed by atoms with van der Waals surface area (Å²) in [6.45, 7) is 0.873. The first-order chi connectivity index (χ1) is 11.0. The quantitative estimate of drug-likeness (QED) is 0.329. The molecule has 0 aliphatic carbocycles. The van der Waals surface area contributed by atoms with Gasteiger partial charge in [-0.05, 0) is 37.6 Å². The standard InChI is InChI=1S/C15H21ClN4O3/c1-23-13-6-5-10(16)8-11(13)18-14(21)9-20-7-3-2-4-12(20)15(17)19-22/h5-6,8,12,22H,2-4,7,9H2,1H3,(H2,17,19)(H,18,21). The van der Waals surface area contributed by atoms with E-state index in [-0.39, 0.29) is 24.3 Å². The minimum atomic E-state index is -0.222. The van der Waals surface area contributed by atoms with Gasteiger partial charge in [-0.3, -0.25) is 9.69 Å². The van der Waals surface area contributed by atoms with Gasteiger partial charge in [0.05, 0.1) is 25.4 Å². The highest BCUT2D eigenvalue weighted by Gasteiger charge is 2.27. The Hall–Kier alpha value is -1.99. The predicted octanol–water partition coefficient (Wildman–Crippen LogP) is 1.89. The van der Waals surface area contributed by atoms with Crippen LogP contribution in [0.1, 0.15) is 19.3 Å². The highest BCUT2D eigenvalue weighted by molar-refractivity contribution is 6.31. The van der Waals surface area contributed by atoms with Crippen molar-refractivity contribution in [3.63, 3.8) is 0 Å². The summed E-state index contributed by atoms with van der Waals surface area (Å²) in [4.78, 5) is 14.2. The van der Waals surface area contributed by atoms with Crippen molar-refractivity contribution in [2.24, 2.45) is 10.9 Å². The normalized spacial score (nSPS) is 19.4. The third-order valence-electron chi connectivity index (χ3n) is 3.85. The molecular weight excluding hydrogens is 320 g/mol. The predicted molar refractivity (Wildman–Crippen MR) is 89.3 cm³/mol. The van der Waals surface area contributed by atoms with Gasteiger partial charge in [-0.15, -0.1) is 0 Å². The molecule has 1 saturated heterocycles. The molecule has 126 valence electrons. The van der Waals surface area contributed by atoms with E-state index < -0.39 is 0 Å². The lowest BCUT2D eigenvalue weighted by Gasteiger charge is -2.34. The number of piperidine rings is 1. The lowest BCUT2D eigenvalue weighted by Crippen LogP contribution is -2.50. The fourth-order valence-corrected chi connectivity index (χ4v) is 2.91. The Kier molecular flexibility index (Phi) is 6.06. The maximum atomic E-state index is 12.3. The molecule has 0 aromatic heterocycles. The van der Waals surface area contributed by atoms with Crippen molar-refractivity contribution < 1.29 is 14.7 Å². The molecule has 0 saturated carbocycles. The summed E-state index contributed by atoms with van der Waals surface area (Å²) in [5.41, 5.74) is 6.24. The summed E-state index contributed by atoms with van der Waals surface area (Å²) in [6, 6.07) is 4.80. The number of nitrogens with one attached hydrogen (secondary N) is 1. The molecule has 1 heterocycles. The summed E-state index contributed by atoms with van der Waals surface area (Å²) in [6.07, 6.45) is 2.73. The Balaban J connectivity index is 2.05. The van der Waals surface area contributed by atoms with E-state index in [0.29, 0.717) is 16.5 Å². The molecule has 7 nitrogen and oxygen atoms in total.